The molecule has 0 spiro atoms. The van der Waals surface area contributed by atoms with E-state index in [4.69, 9.17) is 0 Å². The van der Waals surface area contributed by atoms with Gasteiger partial charge in [0.1, 0.15) is 0 Å². The van der Waals surface area contributed by atoms with Crippen molar-refractivity contribution in [3.63, 3.8) is 0 Å². The molecule has 2 unspecified atom stereocenters. The van der Waals surface area contributed by atoms with Crippen molar-refractivity contribution in [3.8, 4) is 0 Å². The normalized spacial score (nSPS) is 14.6. The lowest BCUT2D eigenvalue weighted by molar-refractivity contribution is 0.531. The first kappa shape index (κ1) is 13.4. The smallest absolute Gasteiger partial charge is 0.0357 e. The Morgan fingerprint density at radius 3 is 2.62 bits per heavy atom. The Bertz CT molecular complexity index is 313. The van der Waals surface area contributed by atoms with Gasteiger partial charge in [0, 0.05) is 35.4 Å². The molecule has 0 aromatic heterocycles. The molecule has 1 rings (SSSR count). The first-order chi connectivity index (χ1) is 7.68. The lowest BCUT2D eigenvalue weighted by Gasteiger charge is -2.13. The van der Waals surface area contributed by atoms with Gasteiger partial charge in [0.2, 0.25) is 0 Å². The first-order valence-corrected chi connectivity index (χ1v) is 7.48. The Morgan fingerprint density at radius 1 is 1.31 bits per heavy atom. The van der Waals surface area contributed by atoms with Gasteiger partial charge in [0.15, 0.2) is 0 Å². The van der Waals surface area contributed by atoms with Gasteiger partial charge in [-0.1, -0.05) is 30.3 Å². The molecule has 1 aromatic rings. The first-order valence-electron chi connectivity index (χ1n) is 5.76. The van der Waals surface area contributed by atoms with E-state index in [0.29, 0.717) is 6.04 Å². The summed E-state index contributed by atoms with van der Waals surface area (Å²) in [6.07, 6.45) is 3.97. The summed E-state index contributed by atoms with van der Waals surface area (Å²) in [6.45, 7) is 3.03. The third-order valence-electron chi connectivity index (χ3n) is 2.59. The van der Waals surface area contributed by atoms with Crippen LogP contribution in [0.3, 0.4) is 0 Å². The molecular weight excluding hydrogens is 218 g/mol. The summed E-state index contributed by atoms with van der Waals surface area (Å²) in [5.74, 6) is 0.746. The van der Waals surface area contributed by atoms with Gasteiger partial charge in [-0.3, -0.25) is 4.21 Å². The van der Waals surface area contributed by atoms with E-state index in [9.17, 15) is 4.21 Å². The Hall–Kier alpha value is -0.670. The van der Waals surface area contributed by atoms with Crippen LogP contribution in [0.5, 0.6) is 0 Å². The molecule has 0 fully saturated rings. The van der Waals surface area contributed by atoms with Crippen LogP contribution in [0.1, 0.15) is 18.9 Å². The van der Waals surface area contributed by atoms with Crippen LogP contribution in [-0.4, -0.2) is 28.8 Å². The summed E-state index contributed by atoms with van der Waals surface area (Å²) >= 11 is 0. The number of rotatable bonds is 7. The summed E-state index contributed by atoms with van der Waals surface area (Å²) in [7, 11) is -0.684. The number of aryl methyl sites for hydroxylation is 1. The summed E-state index contributed by atoms with van der Waals surface area (Å²) in [6, 6.07) is 11.0. The Morgan fingerprint density at radius 2 is 2.00 bits per heavy atom. The van der Waals surface area contributed by atoms with Gasteiger partial charge in [-0.05, 0) is 25.3 Å². The third kappa shape index (κ3) is 6.03. The second-order valence-electron chi connectivity index (χ2n) is 4.16. The molecule has 0 saturated heterocycles. The number of hydrogen-bond acceptors (Lipinski definition) is 2. The van der Waals surface area contributed by atoms with Crippen molar-refractivity contribution >= 4 is 10.8 Å². The maximum absolute atomic E-state index is 10.9. The highest BCUT2D eigenvalue weighted by Crippen LogP contribution is 2.04. The number of nitrogens with one attached hydrogen (secondary N) is 1. The zero-order chi connectivity index (χ0) is 11.8. The summed E-state index contributed by atoms with van der Waals surface area (Å²) in [5.41, 5.74) is 1.38. The fraction of sp³-hybridized carbons (Fsp3) is 0.538. The summed E-state index contributed by atoms with van der Waals surface area (Å²) in [5, 5.41) is 3.39. The van der Waals surface area contributed by atoms with Crippen LogP contribution in [0.15, 0.2) is 30.3 Å². The average Bonchev–Trinajstić information content (AvgIpc) is 2.27. The molecule has 0 amide bonds. The fourth-order valence-electron chi connectivity index (χ4n) is 1.58. The largest absolute Gasteiger partial charge is 0.313 e. The van der Waals surface area contributed by atoms with Gasteiger partial charge in [-0.15, -0.1) is 0 Å². The molecule has 0 radical (unpaired) electrons. The predicted octanol–water partition coefficient (Wildman–Crippen LogP) is 1.98. The Labute approximate surface area is 101 Å². The molecule has 90 valence electrons. The highest BCUT2D eigenvalue weighted by Gasteiger charge is 2.01. The van der Waals surface area contributed by atoms with Crippen molar-refractivity contribution in [3.05, 3.63) is 35.9 Å². The van der Waals surface area contributed by atoms with E-state index in [1.807, 2.05) is 6.07 Å². The average molecular weight is 239 g/mol. The molecule has 2 atom stereocenters. The molecule has 1 N–H and O–H groups in total. The van der Waals surface area contributed by atoms with Gasteiger partial charge in [-0.25, -0.2) is 0 Å². The van der Waals surface area contributed by atoms with Gasteiger partial charge >= 0.3 is 0 Å². The van der Waals surface area contributed by atoms with E-state index in [0.717, 1.165) is 25.1 Å². The molecule has 0 aliphatic heterocycles. The van der Waals surface area contributed by atoms with Crippen LogP contribution < -0.4 is 5.32 Å². The van der Waals surface area contributed by atoms with E-state index >= 15 is 0 Å². The van der Waals surface area contributed by atoms with E-state index in [1.54, 1.807) is 6.26 Å². The molecule has 16 heavy (non-hydrogen) atoms. The van der Waals surface area contributed by atoms with Crippen molar-refractivity contribution in [2.24, 2.45) is 0 Å². The highest BCUT2D eigenvalue weighted by atomic mass is 32.2. The molecule has 0 aliphatic carbocycles. The van der Waals surface area contributed by atoms with E-state index < -0.39 is 10.8 Å². The van der Waals surface area contributed by atoms with E-state index in [-0.39, 0.29) is 0 Å². The van der Waals surface area contributed by atoms with Gasteiger partial charge in [-0.2, -0.15) is 0 Å². The maximum atomic E-state index is 10.9. The SMILES string of the molecule is CC(CCc1ccccc1)NCCS(C)=O. The van der Waals surface area contributed by atoms with Crippen LogP contribution >= 0.6 is 0 Å². The van der Waals surface area contributed by atoms with Crippen molar-refractivity contribution in [1.82, 2.24) is 5.32 Å². The predicted molar refractivity (Wildman–Crippen MR) is 71.2 cm³/mol. The molecule has 0 saturated carbocycles. The minimum atomic E-state index is -0.684. The maximum Gasteiger partial charge on any atom is 0.0357 e. The van der Waals surface area contributed by atoms with Crippen molar-refractivity contribution in [2.75, 3.05) is 18.6 Å². The fourth-order valence-corrected chi connectivity index (χ4v) is 1.98. The van der Waals surface area contributed by atoms with Crippen LogP contribution in [-0.2, 0) is 17.2 Å². The number of hydrogen-bond donors (Lipinski definition) is 1. The quantitative estimate of drug-likeness (QED) is 0.788. The molecule has 1 aromatic carbocycles. The van der Waals surface area contributed by atoms with Gasteiger partial charge in [0.05, 0.1) is 0 Å². The van der Waals surface area contributed by atoms with Crippen LogP contribution in [0.25, 0.3) is 0 Å². The lowest BCUT2D eigenvalue weighted by Crippen LogP contribution is -2.30. The van der Waals surface area contributed by atoms with Crippen molar-refractivity contribution in [1.29, 1.82) is 0 Å². The van der Waals surface area contributed by atoms with E-state index in [2.05, 4.69) is 36.5 Å². The summed E-state index contributed by atoms with van der Waals surface area (Å²) in [4.78, 5) is 0. The Balaban J connectivity index is 2.15. The summed E-state index contributed by atoms with van der Waals surface area (Å²) < 4.78 is 10.9. The molecule has 2 nitrogen and oxygen atoms in total. The van der Waals surface area contributed by atoms with Crippen LogP contribution in [0.2, 0.25) is 0 Å². The van der Waals surface area contributed by atoms with E-state index in [1.165, 1.54) is 5.56 Å². The van der Waals surface area contributed by atoms with Crippen LogP contribution in [0.4, 0.5) is 0 Å². The lowest BCUT2D eigenvalue weighted by atomic mass is 10.1. The van der Waals surface area contributed by atoms with Crippen molar-refractivity contribution < 1.29 is 4.21 Å². The molecule has 0 aliphatic rings. The van der Waals surface area contributed by atoms with Gasteiger partial charge < -0.3 is 5.32 Å². The standard InChI is InChI=1S/C13H21NOS/c1-12(14-10-11-16(2)15)8-9-13-6-4-3-5-7-13/h3-7,12,14H,8-11H2,1-2H3. The van der Waals surface area contributed by atoms with Crippen LogP contribution in [0, 0.1) is 0 Å². The minimum absolute atomic E-state index is 0.490. The number of benzene rings is 1. The molecule has 3 heteroatoms. The second-order valence-corrected chi connectivity index (χ2v) is 5.71. The topological polar surface area (TPSA) is 29.1 Å². The molecular formula is C13H21NOS. The minimum Gasteiger partial charge on any atom is -0.313 e. The second kappa shape index (κ2) is 7.58. The zero-order valence-corrected chi connectivity index (χ0v) is 10.9. The zero-order valence-electron chi connectivity index (χ0n) is 10.1. The van der Waals surface area contributed by atoms with Gasteiger partial charge in [0.25, 0.3) is 0 Å². The molecule has 0 heterocycles. The Kier molecular flexibility index (Phi) is 6.34. The molecule has 0 bridgehead atoms. The highest BCUT2D eigenvalue weighted by molar-refractivity contribution is 7.84. The monoisotopic (exact) mass is 239 g/mol. The van der Waals surface area contributed by atoms with Crippen molar-refractivity contribution in [2.45, 2.75) is 25.8 Å². The third-order valence-corrected chi connectivity index (χ3v) is 3.37.